The highest BCUT2D eigenvalue weighted by atomic mass is 14.5. The van der Waals surface area contributed by atoms with E-state index in [0.29, 0.717) is 5.92 Å². The number of aryl methyl sites for hydroxylation is 1. The molecular formula is C14H23N. The zero-order valence-corrected chi connectivity index (χ0v) is 10.00. The van der Waals surface area contributed by atoms with Crippen LogP contribution in [0.5, 0.6) is 0 Å². The molecule has 0 aliphatic carbocycles. The number of rotatable bonds is 6. The third-order valence-corrected chi connectivity index (χ3v) is 2.95. The van der Waals surface area contributed by atoms with Crippen LogP contribution in [0, 0.1) is 6.92 Å². The molecule has 1 atom stereocenters. The molecule has 1 aromatic carbocycles. The summed E-state index contributed by atoms with van der Waals surface area (Å²) in [5.74, 6) is 0.552. The van der Waals surface area contributed by atoms with Crippen molar-refractivity contribution < 1.29 is 0 Å². The second kappa shape index (κ2) is 6.62. The van der Waals surface area contributed by atoms with E-state index < -0.39 is 0 Å². The average Bonchev–Trinajstić information content (AvgIpc) is 2.24. The van der Waals surface area contributed by atoms with E-state index in [4.69, 9.17) is 5.73 Å². The van der Waals surface area contributed by atoms with Crippen molar-refractivity contribution in [1.82, 2.24) is 0 Å². The van der Waals surface area contributed by atoms with Crippen LogP contribution in [0.2, 0.25) is 0 Å². The summed E-state index contributed by atoms with van der Waals surface area (Å²) < 4.78 is 0. The van der Waals surface area contributed by atoms with Crippen LogP contribution in [0.15, 0.2) is 24.3 Å². The minimum absolute atomic E-state index is 0.552. The van der Waals surface area contributed by atoms with Crippen molar-refractivity contribution in [2.75, 3.05) is 6.54 Å². The Morgan fingerprint density at radius 1 is 1.27 bits per heavy atom. The topological polar surface area (TPSA) is 26.0 Å². The Bertz CT molecular complexity index is 280. The van der Waals surface area contributed by atoms with Crippen LogP contribution in [-0.2, 0) is 0 Å². The Morgan fingerprint density at radius 3 is 2.67 bits per heavy atom. The molecule has 0 bridgehead atoms. The van der Waals surface area contributed by atoms with Crippen LogP contribution in [0.4, 0.5) is 0 Å². The van der Waals surface area contributed by atoms with Gasteiger partial charge < -0.3 is 5.73 Å². The number of hydrogen-bond acceptors (Lipinski definition) is 1. The fourth-order valence-corrected chi connectivity index (χ4v) is 1.99. The largest absolute Gasteiger partial charge is 0.330 e. The molecule has 1 aromatic rings. The second-order valence-electron chi connectivity index (χ2n) is 4.34. The number of hydrogen-bond donors (Lipinski definition) is 1. The van der Waals surface area contributed by atoms with Gasteiger partial charge in [0.15, 0.2) is 0 Å². The van der Waals surface area contributed by atoms with E-state index in [1.165, 1.54) is 36.8 Å². The Labute approximate surface area is 93.7 Å². The molecule has 1 unspecified atom stereocenters. The van der Waals surface area contributed by atoms with Gasteiger partial charge in [-0.3, -0.25) is 0 Å². The first-order chi connectivity index (χ1) is 7.27. The first kappa shape index (κ1) is 12.3. The van der Waals surface area contributed by atoms with E-state index in [1.807, 2.05) is 0 Å². The summed E-state index contributed by atoms with van der Waals surface area (Å²) in [6.07, 6.45) is 5.13. The van der Waals surface area contributed by atoms with Crippen molar-refractivity contribution in [2.45, 2.75) is 45.4 Å². The molecule has 0 saturated heterocycles. The molecule has 2 N–H and O–H groups in total. The van der Waals surface area contributed by atoms with Crippen LogP contribution in [0.3, 0.4) is 0 Å². The van der Waals surface area contributed by atoms with Crippen LogP contribution < -0.4 is 5.73 Å². The first-order valence-corrected chi connectivity index (χ1v) is 6.04. The standard InChI is InChI=1S/C14H23N/c1-3-4-5-8-14(11-15)13-9-6-7-12(2)10-13/h6-7,9-10,14H,3-5,8,11,15H2,1-2H3. The Hall–Kier alpha value is -0.820. The summed E-state index contributed by atoms with van der Waals surface area (Å²) in [5, 5.41) is 0. The second-order valence-corrected chi connectivity index (χ2v) is 4.34. The van der Waals surface area contributed by atoms with Gasteiger partial charge in [0, 0.05) is 0 Å². The van der Waals surface area contributed by atoms with Crippen LogP contribution in [0.1, 0.15) is 49.7 Å². The average molecular weight is 205 g/mol. The van der Waals surface area contributed by atoms with E-state index >= 15 is 0 Å². The van der Waals surface area contributed by atoms with Gasteiger partial charge in [0.1, 0.15) is 0 Å². The molecule has 0 saturated carbocycles. The first-order valence-electron chi connectivity index (χ1n) is 6.04. The van der Waals surface area contributed by atoms with E-state index in [9.17, 15) is 0 Å². The maximum atomic E-state index is 5.84. The van der Waals surface area contributed by atoms with E-state index in [0.717, 1.165) is 6.54 Å². The van der Waals surface area contributed by atoms with Gasteiger partial charge >= 0.3 is 0 Å². The molecule has 1 rings (SSSR count). The summed E-state index contributed by atoms with van der Waals surface area (Å²) in [6.45, 7) is 5.15. The Morgan fingerprint density at radius 2 is 2.07 bits per heavy atom. The lowest BCUT2D eigenvalue weighted by Crippen LogP contribution is -2.12. The minimum Gasteiger partial charge on any atom is -0.330 e. The molecule has 1 heteroatoms. The molecule has 0 fully saturated rings. The lowest BCUT2D eigenvalue weighted by Gasteiger charge is -2.15. The Kier molecular flexibility index (Phi) is 5.41. The molecule has 1 nitrogen and oxygen atoms in total. The third kappa shape index (κ3) is 4.05. The number of unbranched alkanes of at least 4 members (excludes halogenated alkanes) is 2. The molecule has 84 valence electrons. The fourth-order valence-electron chi connectivity index (χ4n) is 1.99. The molecule has 0 aliphatic heterocycles. The predicted octanol–water partition coefficient (Wildman–Crippen LogP) is 3.62. The van der Waals surface area contributed by atoms with Crippen molar-refractivity contribution in [3.63, 3.8) is 0 Å². The normalized spacial score (nSPS) is 12.7. The van der Waals surface area contributed by atoms with Gasteiger partial charge in [0.25, 0.3) is 0 Å². The summed E-state index contributed by atoms with van der Waals surface area (Å²) in [6, 6.07) is 8.75. The quantitative estimate of drug-likeness (QED) is 0.705. The molecule has 0 spiro atoms. The molecule has 0 radical (unpaired) electrons. The zero-order chi connectivity index (χ0) is 11.1. The summed E-state index contributed by atoms with van der Waals surface area (Å²) in [4.78, 5) is 0. The van der Waals surface area contributed by atoms with E-state index in [2.05, 4.69) is 38.1 Å². The van der Waals surface area contributed by atoms with Crippen molar-refractivity contribution in [3.05, 3.63) is 35.4 Å². The van der Waals surface area contributed by atoms with Gasteiger partial charge in [-0.1, -0.05) is 56.0 Å². The van der Waals surface area contributed by atoms with Crippen molar-refractivity contribution >= 4 is 0 Å². The van der Waals surface area contributed by atoms with E-state index in [-0.39, 0.29) is 0 Å². The van der Waals surface area contributed by atoms with Crippen molar-refractivity contribution in [1.29, 1.82) is 0 Å². The van der Waals surface area contributed by atoms with Gasteiger partial charge in [-0.2, -0.15) is 0 Å². The molecule has 0 amide bonds. The summed E-state index contributed by atoms with van der Waals surface area (Å²) in [7, 11) is 0. The highest BCUT2D eigenvalue weighted by molar-refractivity contribution is 5.25. The Balaban J connectivity index is 2.57. The molecular weight excluding hydrogens is 182 g/mol. The minimum atomic E-state index is 0.552. The highest BCUT2D eigenvalue weighted by Crippen LogP contribution is 2.22. The zero-order valence-electron chi connectivity index (χ0n) is 10.00. The molecule has 0 aromatic heterocycles. The van der Waals surface area contributed by atoms with Crippen molar-refractivity contribution in [2.24, 2.45) is 5.73 Å². The summed E-state index contributed by atoms with van der Waals surface area (Å²) in [5.41, 5.74) is 8.58. The van der Waals surface area contributed by atoms with E-state index in [1.54, 1.807) is 0 Å². The van der Waals surface area contributed by atoms with Gasteiger partial charge in [0.2, 0.25) is 0 Å². The van der Waals surface area contributed by atoms with Gasteiger partial charge in [-0.25, -0.2) is 0 Å². The lowest BCUT2D eigenvalue weighted by atomic mass is 9.92. The number of benzene rings is 1. The van der Waals surface area contributed by atoms with Crippen LogP contribution in [-0.4, -0.2) is 6.54 Å². The van der Waals surface area contributed by atoms with Crippen molar-refractivity contribution in [3.8, 4) is 0 Å². The maximum Gasteiger partial charge on any atom is -0.000824 e. The van der Waals surface area contributed by atoms with Gasteiger partial charge in [0.05, 0.1) is 0 Å². The van der Waals surface area contributed by atoms with Gasteiger partial charge in [-0.15, -0.1) is 0 Å². The lowest BCUT2D eigenvalue weighted by molar-refractivity contribution is 0.572. The smallest absolute Gasteiger partial charge is 0.000824 e. The predicted molar refractivity (Wildman–Crippen MR) is 67.1 cm³/mol. The molecule has 0 heterocycles. The van der Waals surface area contributed by atoms with Gasteiger partial charge in [-0.05, 0) is 31.4 Å². The molecule has 0 aliphatic rings. The van der Waals surface area contributed by atoms with Crippen LogP contribution >= 0.6 is 0 Å². The SMILES string of the molecule is CCCCCC(CN)c1cccc(C)c1. The maximum absolute atomic E-state index is 5.84. The summed E-state index contributed by atoms with van der Waals surface area (Å²) >= 11 is 0. The fraction of sp³-hybridized carbons (Fsp3) is 0.571. The number of nitrogens with two attached hydrogens (primary N) is 1. The molecule has 15 heavy (non-hydrogen) atoms. The van der Waals surface area contributed by atoms with Crippen LogP contribution in [0.25, 0.3) is 0 Å². The monoisotopic (exact) mass is 205 g/mol. The third-order valence-electron chi connectivity index (χ3n) is 2.95. The highest BCUT2D eigenvalue weighted by Gasteiger charge is 2.08.